The Morgan fingerprint density at radius 2 is 2.21 bits per heavy atom. The first-order chi connectivity index (χ1) is 11.6. The number of thiazole rings is 1. The molecule has 2 atom stereocenters. The summed E-state index contributed by atoms with van der Waals surface area (Å²) >= 11 is 1.70. The lowest BCUT2D eigenvalue weighted by Crippen LogP contribution is -2.56. The van der Waals surface area contributed by atoms with Crippen LogP contribution in [0.15, 0.2) is 35.7 Å². The third kappa shape index (κ3) is 2.98. The monoisotopic (exact) mass is 341 g/mol. The van der Waals surface area contributed by atoms with E-state index >= 15 is 0 Å². The molecule has 24 heavy (non-hydrogen) atoms. The molecule has 0 bridgehead atoms. The fourth-order valence-corrected chi connectivity index (χ4v) is 4.90. The first-order valence-corrected chi connectivity index (χ1v) is 9.52. The van der Waals surface area contributed by atoms with Crippen LogP contribution in [0, 0.1) is 6.92 Å². The number of aryl methyl sites for hydroxylation is 1. The predicted molar refractivity (Wildman–Crippen MR) is 96.0 cm³/mol. The second kappa shape index (κ2) is 6.30. The molecule has 3 heterocycles. The van der Waals surface area contributed by atoms with Gasteiger partial charge in [0.2, 0.25) is 5.91 Å². The van der Waals surface area contributed by atoms with E-state index in [2.05, 4.69) is 50.9 Å². The number of hydrogen-bond acceptors (Lipinski definition) is 4. The topological polar surface area (TPSA) is 45.2 Å². The van der Waals surface area contributed by atoms with Crippen LogP contribution < -0.4 is 5.32 Å². The number of rotatable bonds is 3. The molecule has 1 amide bonds. The fraction of sp³-hybridized carbons (Fsp3) is 0.474. The highest BCUT2D eigenvalue weighted by atomic mass is 32.1. The van der Waals surface area contributed by atoms with E-state index in [4.69, 9.17) is 0 Å². The van der Waals surface area contributed by atoms with Crippen molar-refractivity contribution in [2.45, 2.75) is 44.2 Å². The predicted octanol–water partition coefficient (Wildman–Crippen LogP) is 3.09. The number of carbonyl (C=O) groups is 1. The molecule has 1 N–H and O–H groups in total. The van der Waals surface area contributed by atoms with Gasteiger partial charge in [-0.25, -0.2) is 4.98 Å². The minimum Gasteiger partial charge on any atom is -0.349 e. The Kier molecular flexibility index (Phi) is 4.14. The summed E-state index contributed by atoms with van der Waals surface area (Å²) in [6, 6.07) is 10.6. The molecule has 0 saturated carbocycles. The van der Waals surface area contributed by atoms with Gasteiger partial charge in [0, 0.05) is 37.4 Å². The van der Waals surface area contributed by atoms with E-state index in [-0.39, 0.29) is 11.4 Å². The second-order valence-electron chi connectivity index (χ2n) is 7.05. The molecule has 0 unspecified atom stereocenters. The lowest BCUT2D eigenvalue weighted by atomic mass is 9.76. The Balaban J connectivity index is 1.61. The molecule has 4 nitrogen and oxygen atoms in total. The normalized spacial score (nSPS) is 27.5. The zero-order valence-corrected chi connectivity index (χ0v) is 14.8. The molecule has 0 radical (unpaired) electrons. The van der Waals surface area contributed by atoms with Gasteiger partial charge in [-0.05, 0) is 25.3 Å². The molecular weight excluding hydrogens is 318 g/mol. The van der Waals surface area contributed by atoms with Gasteiger partial charge in [-0.2, -0.15) is 0 Å². The van der Waals surface area contributed by atoms with E-state index in [1.165, 1.54) is 5.56 Å². The van der Waals surface area contributed by atoms with Crippen molar-refractivity contribution in [3.8, 4) is 0 Å². The number of amides is 1. The van der Waals surface area contributed by atoms with E-state index in [1.54, 1.807) is 11.3 Å². The summed E-state index contributed by atoms with van der Waals surface area (Å²) in [4.78, 5) is 19.2. The number of nitrogens with one attached hydrogen (secondary N) is 1. The van der Waals surface area contributed by atoms with Crippen molar-refractivity contribution in [3.63, 3.8) is 0 Å². The summed E-state index contributed by atoms with van der Waals surface area (Å²) in [7, 11) is 0. The molecule has 4 rings (SSSR count). The van der Waals surface area contributed by atoms with Crippen LogP contribution in [0.2, 0.25) is 0 Å². The molecule has 1 aromatic heterocycles. The zero-order chi connectivity index (χ0) is 16.6. The Morgan fingerprint density at radius 1 is 1.38 bits per heavy atom. The summed E-state index contributed by atoms with van der Waals surface area (Å²) in [6.07, 6.45) is 2.71. The van der Waals surface area contributed by atoms with Gasteiger partial charge in [-0.3, -0.25) is 9.69 Å². The highest BCUT2D eigenvalue weighted by Crippen LogP contribution is 2.41. The Labute approximate surface area is 146 Å². The van der Waals surface area contributed by atoms with Crippen molar-refractivity contribution in [1.82, 2.24) is 15.2 Å². The molecular formula is C19H23N3OS. The van der Waals surface area contributed by atoms with Crippen molar-refractivity contribution in [1.29, 1.82) is 0 Å². The highest BCUT2D eigenvalue weighted by Gasteiger charge is 2.49. The van der Waals surface area contributed by atoms with E-state index < -0.39 is 0 Å². The quantitative estimate of drug-likeness (QED) is 0.933. The van der Waals surface area contributed by atoms with E-state index in [0.717, 1.165) is 43.2 Å². The van der Waals surface area contributed by atoms with Gasteiger partial charge in [-0.1, -0.05) is 30.3 Å². The first kappa shape index (κ1) is 15.8. The van der Waals surface area contributed by atoms with Crippen LogP contribution in [-0.4, -0.2) is 34.4 Å². The number of piperidine rings is 1. The molecule has 126 valence electrons. The average Bonchev–Trinajstić information content (AvgIpc) is 3.12. The van der Waals surface area contributed by atoms with Crippen LogP contribution in [0.25, 0.3) is 0 Å². The zero-order valence-electron chi connectivity index (χ0n) is 14.0. The smallest absolute Gasteiger partial charge is 0.220 e. The summed E-state index contributed by atoms with van der Waals surface area (Å²) in [5.74, 6) is 0.552. The van der Waals surface area contributed by atoms with Crippen LogP contribution >= 0.6 is 11.3 Å². The number of carbonyl (C=O) groups excluding carboxylic acids is 1. The average molecular weight is 341 g/mol. The van der Waals surface area contributed by atoms with Gasteiger partial charge in [-0.15, -0.1) is 11.3 Å². The number of hydrogen-bond donors (Lipinski definition) is 1. The van der Waals surface area contributed by atoms with Gasteiger partial charge in [0.05, 0.1) is 16.2 Å². The maximum atomic E-state index is 12.1. The van der Waals surface area contributed by atoms with Crippen molar-refractivity contribution >= 4 is 17.2 Å². The molecule has 2 saturated heterocycles. The minimum absolute atomic E-state index is 0.123. The minimum atomic E-state index is -0.123. The van der Waals surface area contributed by atoms with Crippen LogP contribution in [0.4, 0.5) is 0 Å². The van der Waals surface area contributed by atoms with Crippen molar-refractivity contribution in [2.75, 3.05) is 13.1 Å². The molecule has 2 aliphatic rings. The van der Waals surface area contributed by atoms with Crippen LogP contribution in [-0.2, 0) is 11.3 Å². The molecule has 0 aliphatic carbocycles. The fourth-order valence-electron chi connectivity index (χ4n) is 4.29. The Morgan fingerprint density at radius 3 is 2.92 bits per heavy atom. The summed E-state index contributed by atoms with van der Waals surface area (Å²) in [6.45, 7) is 4.80. The SMILES string of the molecule is Cc1nc(CN2C[C@@H](c3ccccc3)[C@]3(CCCC(=O)N3)C2)cs1. The molecule has 2 aliphatic heterocycles. The molecule has 1 aromatic carbocycles. The highest BCUT2D eigenvalue weighted by molar-refractivity contribution is 7.09. The van der Waals surface area contributed by atoms with Gasteiger partial charge in [0.15, 0.2) is 0 Å². The maximum absolute atomic E-state index is 12.1. The number of likely N-dealkylation sites (tertiary alicyclic amines) is 1. The standard InChI is InChI=1S/C19H23N3OS/c1-14-20-16(12-24-14)10-22-11-17(15-6-3-2-4-7-15)19(13-22)9-5-8-18(23)21-19/h2-4,6-7,12,17H,5,8-11,13H2,1H3,(H,21,23)/t17-,19-/m0/s1. The molecule has 5 heteroatoms. The van der Waals surface area contributed by atoms with Gasteiger partial charge < -0.3 is 5.32 Å². The van der Waals surface area contributed by atoms with Crippen LogP contribution in [0.1, 0.15) is 41.4 Å². The lowest BCUT2D eigenvalue weighted by Gasteiger charge is -2.39. The van der Waals surface area contributed by atoms with E-state index in [1.807, 2.05) is 6.92 Å². The second-order valence-corrected chi connectivity index (χ2v) is 8.11. The maximum Gasteiger partial charge on any atom is 0.220 e. The third-order valence-electron chi connectivity index (χ3n) is 5.28. The van der Waals surface area contributed by atoms with Crippen molar-refractivity contribution in [2.24, 2.45) is 0 Å². The molecule has 2 aromatic rings. The summed E-state index contributed by atoms with van der Waals surface area (Å²) in [5, 5.41) is 6.63. The van der Waals surface area contributed by atoms with Gasteiger partial charge in [0.25, 0.3) is 0 Å². The number of nitrogens with zero attached hydrogens (tertiary/aromatic N) is 2. The van der Waals surface area contributed by atoms with Crippen molar-refractivity contribution < 1.29 is 4.79 Å². The molecule has 1 spiro atoms. The van der Waals surface area contributed by atoms with Crippen LogP contribution in [0.3, 0.4) is 0 Å². The Hall–Kier alpha value is -1.72. The third-order valence-corrected chi connectivity index (χ3v) is 6.11. The lowest BCUT2D eigenvalue weighted by molar-refractivity contribution is -0.125. The molecule has 2 fully saturated rings. The van der Waals surface area contributed by atoms with Gasteiger partial charge >= 0.3 is 0 Å². The first-order valence-electron chi connectivity index (χ1n) is 8.64. The summed E-state index contributed by atoms with van der Waals surface area (Å²) in [5.41, 5.74) is 2.35. The van der Waals surface area contributed by atoms with E-state index in [9.17, 15) is 4.79 Å². The number of benzene rings is 1. The van der Waals surface area contributed by atoms with Gasteiger partial charge in [0.1, 0.15) is 0 Å². The number of aromatic nitrogens is 1. The van der Waals surface area contributed by atoms with Crippen molar-refractivity contribution in [3.05, 3.63) is 52.0 Å². The van der Waals surface area contributed by atoms with Crippen LogP contribution in [0.5, 0.6) is 0 Å². The Bertz CT molecular complexity index is 729. The summed E-state index contributed by atoms with van der Waals surface area (Å²) < 4.78 is 0. The largest absolute Gasteiger partial charge is 0.349 e. The van der Waals surface area contributed by atoms with E-state index in [0.29, 0.717) is 12.3 Å².